The molecule has 5 heteroatoms. The van der Waals surface area contributed by atoms with E-state index in [4.69, 9.17) is 9.30 Å². The lowest BCUT2D eigenvalue weighted by molar-refractivity contribution is -0.144. The molecule has 0 radical (unpaired) electrons. The van der Waals surface area contributed by atoms with E-state index < -0.39 is 11.9 Å². The van der Waals surface area contributed by atoms with Crippen molar-refractivity contribution in [1.82, 2.24) is 0 Å². The topological polar surface area (TPSA) is 60.4 Å². The Morgan fingerprint density at radius 1 is 0.900 bits per heavy atom. The average Bonchev–Trinajstić information content (AvgIpc) is 2.74. The monoisotopic (exact) mass is 429 g/mol. The number of rotatable bonds is 9. The second kappa shape index (κ2) is 13.1. The summed E-state index contributed by atoms with van der Waals surface area (Å²) in [5.41, 5.74) is 5.42. The Hall–Kier alpha value is -2.32. The van der Waals surface area contributed by atoms with Gasteiger partial charge in [0, 0.05) is 5.56 Å². The first-order chi connectivity index (χ1) is 14.4. The minimum atomic E-state index is -0.924. The van der Waals surface area contributed by atoms with Crippen molar-refractivity contribution in [3.8, 4) is 0 Å². The van der Waals surface area contributed by atoms with Crippen molar-refractivity contribution in [2.24, 2.45) is 0 Å². The molecule has 0 aromatic heterocycles. The number of unbranched alkanes of at least 4 members (excludes halogenated alkanes) is 3. The molecule has 4 nitrogen and oxygen atoms in total. The molecule has 0 spiro atoms. The van der Waals surface area contributed by atoms with Crippen LogP contribution in [0.25, 0.3) is 0 Å². The highest BCUT2D eigenvalue weighted by Crippen LogP contribution is 2.29. The minimum Gasteiger partial charge on any atom is -0.465 e. The van der Waals surface area contributed by atoms with Crippen LogP contribution in [0.2, 0.25) is 0 Å². The summed E-state index contributed by atoms with van der Waals surface area (Å²) in [4.78, 5) is 26.4. The Bertz CT molecular complexity index is 846. The molecule has 2 unspecified atom stereocenters. The smallest absolute Gasteiger partial charge is 0.321 e. The molecule has 0 fully saturated rings. The number of hydrogen-bond acceptors (Lipinski definition) is 4. The number of esters is 1. The lowest BCUT2D eigenvalue weighted by atomic mass is 9.84. The molecule has 0 heterocycles. The first kappa shape index (κ1) is 25.7. The number of ether oxygens (including phenoxy) is 1. The van der Waals surface area contributed by atoms with Crippen LogP contribution in [-0.4, -0.2) is 18.4 Å². The molecule has 2 aromatic carbocycles. The van der Waals surface area contributed by atoms with E-state index in [2.05, 4.69) is 6.92 Å². The van der Waals surface area contributed by atoms with Gasteiger partial charge in [0.15, 0.2) is 5.78 Å². The molecule has 0 bridgehead atoms. The quantitative estimate of drug-likeness (QED) is 0.156. The van der Waals surface area contributed by atoms with Crippen molar-refractivity contribution in [3.05, 3.63) is 69.8 Å². The fraction of sp³-hybridized carbons (Fsp3) is 0.440. The summed E-state index contributed by atoms with van der Waals surface area (Å²) >= 11 is 0. The molecule has 0 saturated heterocycles. The Labute approximate surface area is 182 Å². The maximum atomic E-state index is 13.5. The summed E-state index contributed by atoms with van der Waals surface area (Å²) in [5, 5.41) is 0. The second-order valence-corrected chi connectivity index (χ2v) is 7.57. The van der Waals surface area contributed by atoms with Crippen molar-refractivity contribution in [2.75, 3.05) is 6.61 Å². The van der Waals surface area contributed by atoms with Crippen LogP contribution in [0.5, 0.6) is 0 Å². The molecule has 0 aliphatic heterocycles. The van der Waals surface area contributed by atoms with Gasteiger partial charge in [0.2, 0.25) is 0 Å². The van der Waals surface area contributed by atoms with E-state index in [9.17, 15) is 9.59 Å². The fourth-order valence-corrected chi connectivity index (χ4v) is 3.63. The maximum absolute atomic E-state index is 13.5. The Morgan fingerprint density at radius 3 is 2.13 bits per heavy atom. The van der Waals surface area contributed by atoms with Crippen LogP contribution in [0.1, 0.15) is 76.7 Å². The van der Waals surface area contributed by atoms with Gasteiger partial charge in [0.1, 0.15) is 5.92 Å². The second-order valence-electron chi connectivity index (χ2n) is 7.57. The molecule has 0 N–H and O–H groups in total. The summed E-state index contributed by atoms with van der Waals surface area (Å²) in [5.74, 6) is -1.56. The van der Waals surface area contributed by atoms with Crippen molar-refractivity contribution in [1.29, 1.82) is 0 Å². The standard InChI is InChI=1S/C25H32O3.H2OP/c1-6-7-8-12-15-28-25(27)23(21-13-10-9-11-14-21)24(26)22-18(3)16-17(2)19(4)20(22)5;1-2/h9-11,13-14,16,23H,6-8,12,15H2,1-5H3;2H2/q;+1. The van der Waals surface area contributed by atoms with Crippen molar-refractivity contribution in [2.45, 2.75) is 66.2 Å². The zero-order chi connectivity index (χ0) is 22.7. The maximum Gasteiger partial charge on any atom is 0.321 e. The molecule has 2 rings (SSSR count). The lowest BCUT2D eigenvalue weighted by Gasteiger charge is -2.20. The Morgan fingerprint density at radius 2 is 1.53 bits per heavy atom. The number of carbonyl (C=O) groups is 2. The summed E-state index contributed by atoms with van der Waals surface area (Å²) < 4.78 is 13.7. The predicted octanol–water partition coefficient (Wildman–Crippen LogP) is 6.22. The van der Waals surface area contributed by atoms with E-state index >= 15 is 0 Å². The van der Waals surface area contributed by atoms with Crippen molar-refractivity contribution >= 4 is 20.9 Å². The van der Waals surface area contributed by atoms with Crippen LogP contribution in [0.3, 0.4) is 0 Å². The van der Waals surface area contributed by atoms with E-state index in [-0.39, 0.29) is 5.78 Å². The molecule has 2 aromatic rings. The van der Waals surface area contributed by atoms with E-state index in [0.717, 1.165) is 47.9 Å². The third kappa shape index (κ3) is 6.60. The first-order valence-corrected chi connectivity index (χ1v) is 10.9. The van der Waals surface area contributed by atoms with Gasteiger partial charge in [-0.15, -0.1) is 0 Å². The van der Waals surface area contributed by atoms with Gasteiger partial charge >= 0.3 is 15.1 Å². The van der Waals surface area contributed by atoms with Crippen LogP contribution in [0, 0.1) is 27.7 Å². The summed E-state index contributed by atoms with van der Waals surface area (Å²) in [7, 11) is 1.17. The fourth-order valence-electron chi connectivity index (χ4n) is 3.63. The summed E-state index contributed by atoms with van der Waals surface area (Å²) in [6.07, 6.45) is 4.12. The van der Waals surface area contributed by atoms with Gasteiger partial charge in [-0.2, -0.15) is 0 Å². The number of ketones is 1. The normalized spacial score (nSPS) is 11.2. The Kier molecular flexibility index (Phi) is 11.2. The molecule has 0 saturated carbocycles. The van der Waals surface area contributed by atoms with E-state index in [0.29, 0.717) is 17.7 Å². The number of carbonyl (C=O) groups excluding carboxylic acids is 2. The minimum absolute atomic E-state index is 0.178. The largest absolute Gasteiger partial charge is 0.465 e. The van der Waals surface area contributed by atoms with Crippen LogP contribution in [0.4, 0.5) is 0 Å². The van der Waals surface area contributed by atoms with Gasteiger partial charge in [0.05, 0.1) is 6.61 Å². The highest BCUT2D eigenvalue weighted by Gasteiger charge is 2.33. The van der Waals surface area contributed by atoms with Gasteiger partial charge in [-0.25, -0.2) is 0 Å². The number of Topliss-reactive ketones (excluding diaryl/α,β-unsaturated/α-hetero) is 1. The number of aryl methyl sites for hydroxylation is 2. The third-order valence-corrected chi connectivity index (χ3v) is 5.48. The van der Waals surface area contributed by atoms with Gasteiger partial charge in [0.25, 0.3) is 0 Å². The average molecular weight is 430 g/mol. The predicted molar refractivity (Wildman–Crippen MR) is 124 cm³/mol. The Balaban J connectivity index is 0.00000218. The van der Waals surface area contributed by atoms with Gasteiger partial charge in [-0.05, 0) is 61.9 Å². The lowest BCUT2D eigenvalue weighted by Crippen LogP contribution is -2.26. The number of benzene rings is 2. The van der Waals surface area contributed by atoms with E-state index in [1.807, 2.05) is 64.1 Å². The van der Waals surface area contributed by atoms with Crippen LogP contribution in [-0.2, 0) is 14.1 Å². The van der Waals surface area contributed by atoms with Crippen LogP contribution < -0.4 is 0 Å². The zero-order valence-electron chi connectivity index (χ0n) is 18.8. The molecule has 162 valence electrons. The van der Waals surface area contributed by atoms with Crippen LogP contribution >= 0.6 is 9.12 Å². The highest BCUT2D eigenvalue weighted by molar-refractivity contribution is 7.00. The van der Waals surface area contributed by atoms with Crippen molar-refractivity contribution < 1.29 is 18.9 Å². The van der Waals surface area contributed by atoms with Crippen LogP contribution in [0.15, 0.2) is 36.4 Å². The third-order valence-electron chi connectivity index (χ3n) is 5.48. The zero-order valence-corrected chi connectivity index (χ0v) is 19.9. The molecule has 0 amide bonds. The molecule has 30 heavy (non-hydrogen) atoms. The van der Waals surface area contributed by atoms with Gasteiger partial charge < -0.3 is 4.74 Å². The summed E-state index contributed by atoms with van der Waals surface area (Å²) in [6.45, 7) is 10.5. The van der Waals surface area contributed by atoms with Gasteiger partial charge in [-0.1, -0.05) is 67.1 Å². The van der Waals surface area contributed by atoms with Gasteiger partial charge in [-0.3, -0.25) is 9.59 Å². The molecule has 0 aliphatic rings. The van der Waals surface area contributed by atoms with E-state index in [1.54, 1.807) is 0 Å². The first-order valence-electron chi connectivity index (χ1n) is 10.4. The molecule has 2 atom stereocenters. The molecular formula is C25H34O4P+. The molecule has 0 aliphatic carbocycles. The SMILES string of the molecule is CCCCCCOC(=O)C(C(=O)c1c(C)cc(C)c(C)c1C)c1ccccc1.O=[PH2+]. The molecular weight excluding hydrogens is 395 g/mol. The van der Waals surface area contributed by atoms with Crippen molar-refractivity contribution in [3.63, 3.8) is 0 Å². The highest BCUT2D eigenvalue weighted by atomic mass is 31.0. The summed E-state index contributed by atoms with van der Waals surface area (Å²) in [6, 6.07) is 11.3. The number of hydrogen-bond donors (Lipinski definition) is 0. The van der Waals surface area contributed by atoms with E-state index in [1.165, 1.54) is 9.12 Å².